The van der Waals surface area contributed by atoms with Crippen molar-refractivity contribution in [3.8, 4) is 33.8 Å². The maximum atomic E-state index is 6.12. The van der Waals surface area contributed by atoms with E-state index in [4.69, 9.17) is 18.9 Å². The van der Waals surface area contributed by atoms with Crippen molar-refractivity contribution in [3.05, 3.63) is 72.3 Å². The van der Waals surface area contributed by atoms with Crippen LogP contribution in [0.3, 0.4) is 0 Å². The summed E-state index contributed by atoms with van der Waals surface area (Å²) in [6, 6.07) is 23.6. The fourth-order valence-corrected chi connectivity index (χ4v) is 3.85. The number of ether oxygens (including phenoxy) is 4. The molecule has 3 aromatic carbocycles. The van der Waals surface area contributed by atoms with Crippen LogP contribution in [0.5, 0.6) is 11.5 Å². The van der Waals surface area contributed by atoms with Gasteiger partial charge < -0.3 is 18.9 Å². The van der Waals surface area contributed by atoms with E-state index < -0.39 is 0 Å². The molecule has 0 aliphatic carbocycles. The van der Waals surface area contributed by atoms with E-state index in [0.717, 1.165) is 31.1 Å². The molecular formula is C29H32O4. The van der Waals surface area contributed by atoms with Gasteiger partial charge in [-0.25, -0.2) is 0 Å². The molecule has 2 atom stereocenters. The second-order valence-electron chi connectivity index (χ2n) is 9.58. The Kier molecular flexibility index (Phi) is 6.13. The van der Waals surface area contributed by atoms with Gasteiger partial charge in [0, 0.05) is 5.56 Å². The van der Waals surface area contributed by atoms with E-state index in [2.05, 4.69) is 75.4 Å². The Morgan fingerprint density at radius 3 is 1.76 bits per heavy atom. The summed E-state index contributed by atoms with van der Waals surface area (Å²) in [5.74, 6) is 1.85. The predicted molar refractivity (Wildman–Crippen MR) is 131 cm³/mol. The summed E-state index contributed by atoms with van der Waals surface area (Å²) in [5, 5.41) is 0. The zero-order valence-corrected chi connectivity index (χ0v) is 19.7. The largest absolute Gasteiger partial charge is 0.491 e. The van der Waals surface area contributed by atoms with Crippen LogP contribution in [0, 0.1) is 0 Å². The summed E-state index contributed by atoms with van der Waals surface area (Å²) in [6.07, 6.45) is 1.56. The average molecular weight is 445 g/mol. The fourth-order valence-electron chi connectivity index (χ4n) is 3.85. The molecule has 0 bridgehead atoms. The first-order valence-corrected chi connectivity index (χ1v) is 11.9. The first kappa shape index (κ1) is 22.0. The summed E-state index contributed by atoms with van der Waals surface area (Å²) >= 11 is 0. The van der Waals surface area contributed by atoms with Crippen molar-refractivity contribution in [2.24, 2.45) is 0 Å². The zero-order valence-electron chi connectivity index (χ0n) is 19.7. The van der Waals surface area contributed by atoms with E-state index in [1.54, 1.807) is 0 Å². The van der Waals surface area contributed by atoms with Crippen LogP contribution in [0.25, 0.3) is 22.3 Å². The summed E-state index contributed by atoms with van der Waals surface area (Å²) in [4.78, 5) is 0. The lowest BCUT2D eigenvalue weighted by Gasteiger charge is -2.27. The molecule has 2 fully saturated rings. The van der Waals surface area contributed by atoms with Crippen LogP contribution in [-0.4, -0.2) is 38.6 Å². The van der Waals surface area contributed by atoms with Gasteiger partial charge in [-0.2, -0.15) is 0 Å². The Balaban J connectivity index is 1.33. The standard InChI is InChI=1S/C29H32O4/c1-4-29(2,3)27-15-23(11-14-28(27)33-19-26-18-32-26)22-7-5-20(6-8-22)21-9-12-24(13-10-21)30-16-25-17-31-25/h5-15,25-26H,4,16-19H2,1-3H3. The van der Waals surface area contributed by atoms with E-state index in [1.165, 1.54) is 27.8 Å². The number of hydrogen-bond acceptors (Lipinski definition) is 4. The van der Waals surface area contributed by atoms with Crippen LogP contribution >= 0.6 is 0 Å². The lowest BCUT2D eigenvalue weighted by Crippen LogP contribution is -2.18. The minimum atomic E-state index is 0.0329. The Hall–Kier alpha value is -2.82. The van der Waals surface area contributed by atoms with Gasteiger partial charge in [0.05, 0.1) is 13.2 Å². The summed E-state index contributed by atoms with van der Waals surface area (Å²) < 4.78 is 22.4. The van der Waals surface area contributed by atoms with Crippen molar-refractivity contribution in [1.82, 2.24) is 0 Å². The monoisotopic (exact) mass is 444 g/mol. The summed E-state index contributed by atoms with van der Waals surface area (Å²) in [7, 11) is 0. The molecule has 5 rings (SSSR count). The first-order valence-electron chi connectivity index (χ1n) is 11.9. The maximum absolute atomic E-state index is 6.12. The van der Waals surface area contributed by atoms with Crippen LogP contribution in [0.1, 0.15) is 32.8 Å². The highest BCUT2D eigenvalue weighted by Crippen LogP contribution is 2.38. The van der Waals surface area contributed by atoms with Gasteiger partial charge in [0.2, 0.25) is 0 Å². The first-order chi connectivity index (χ1) is 16.0. The van der Waals surface area contributed by atoms with Crippen molar-refractivity contribution in [2.75, 3.05) is 26.4 Å². The number of benzene rings is 3. The lowest BCUT2D eigenvalue weighted by molar-refractivity contribution is 0.257. The van der Waals surface area contributed by atoms with Crippen molar-refractivity contribution in [3.63, 3.8) is 0 Å². The Morgan fingerprint density at radius 2 is 1.21 bits per heavy atom. The molecule has 2 unspecified atom stereocenters. The second-order valence-corrected chi connectivity index (χ2v) is 9.58. The normalized spacial score (nSPS) is 19.2. The highest BCUT2D eigenvalue weighted by Gasteiger charge is 2.27. The molecule has 0 radical (unpaired) electrons. The van der Waals surface area contributed by atoms with Gasteiger partial charge in [-0.1, -0.05) is 63.2 Å². The van der Waals surface area contributed by atoms with Gasteiger partial charge in [-0.15, -0.1) is 0 Å². The highest BCUT2D eigenvalue weighted by molar-refractivity contribution is 5.72. The Morgan fingerprint density at radius 1 is 0.727 bits per heavy atom. The molecule has 0 saturated carbocycles. The number of epoxide rings is 2. The maximum Gasteiger partial charge on any atom is 0.123 e. The van der Waals surface area contributed by atoms with Gasteiger partial charge in [0.15, 0.2) is 0 Å². The van der Waals surface area contributed by atoms with Crippen molar-refractivity contribution >= 4 is 0 Å². The van der Waals surface area contributed by atoms with E-state index in [9.17, 15) is 0 Å². The smallest absolute Gasteiger partial charge is 0.123 e. The van der Waals surface area contributed by atoms with Crippen LogP contribution < -0.4 is 9.47 Å². The van der Waals surface area contributed by atoms with E-state index >= 15 is 0 Å². The van der Waals surface area contributed by atoms with Gasteiger partial charge in [-0.3, -0.25) is 0 Å². The van der Waals surface area contributed by atoms with Gasteiger partial charge >= 0.3 is 0 Å². The molecule has 0 N–H and O–H groups in total. The zero-order chi connectivity index (χ0) is 22.8. The van der Waals surface area contributed by atoms with Crippen molar-refractivity contribution < 1.29 is 18.9 Å². The quantitative estimate of drug-likeness (QED) is 0.346. The second kappa shape index (κ2) is 9.20. The molecule has 2 saturated heterocycles. The molecule has 0 aromatic heterocycles. The van der Waals surface area contributed by atoms with Gasteiger partial charge in [0.25, 0.3) is 0 Å². The third kappa shape index (κ3) is 5.40. The minimum absolute atomic E-state index is 0.0329. The molecule has 172 valence electrons. The van der Waals surface area contributed by atoms with Crippen LogP contribution in [0.2, 0.25) is 0 Å². The Bertz CT molecular complexity index is 1080. The molecular weight excluding hydrogens is 412 g/mol. The molecule has 2 aliphatic heterocycles. The number of hydrogen-bond donors (Lipinski definition) is 0. The molecule has 0 spiro atoms. The molecule has 3 aromatic rings. The van der Waals surface area contributed by atoms with Crippen LogP contribution in [0.15, 0.2) is 66.7 Å². The molecule has 4 heteroatoms. The SMILES string of the molecule is CCC(C)(C)c1cc(-c2ccc(-c3ccc(OCC4CO4)cc3)cc2)ccc1OCC1CO1. The highest BCUT2D eigenvalue weighted by atomic mass is 16.6. The van der Waals surface area contributed by atoms with Crippen LogP contribution in [-0.2, 0) is 14.9 Å². The third-order valence-corrected chi connectivity index (χ3v) is 6.66. The van der Waals surface area contributed by atoms with E-state index in [0.29, 0.717) is 13.2 Å². The summed E-state index contributed by atoms with van der Waals surface area (Å²) in [5.41, 5.74) is 6.06. The molecule has 2 aliphatic rings. The minimum Gasteiger partial charge on any atom is -0.491 e. The van der Waals surface area contributed by atoms with Crippen LogP contribution in [0.4, 0.5) is 0 Å². The topological polar surface area (TPSA) is 43.5 Å². The van der Waals surface area contributed by atoms with Crippen molar-refractivity contribution in [2.45, 2.75) is 44.8 Å². The van der Waals surface area contributed by atoms with E-state index in [1.807, 2.05) is 12.1 Å². The summed E-state index contributed by atoms with van der Waals surface area (Å²) in [6.45, 7) is 9.66. The lowest BCUT2D eigenvalue weighted by atomic mass is 9.80. The van der Waals surface area contributed by atoms with Gasteiger partial charge in [0.1, 0.15) is 36.9 Å². The van der Waals surface area contributed by atoms with Gasteiger partial charge in [-0.05, 0) is 58.4 Å². The van der Waals surface area contributed by atoms with Crippen molar-refractivity contribution in [1.29, 1.82) is 0 Å². The average Bonchev–Trinajstić information content (AvgIpc) is 3.77. The fraction of sp³-hybridized carbons (Fsp3) is 0.379. The third-order valence-electron chi connectivity index (χ3n) is 6.66. The molecule has 4 nitrogen and oxygen atoms in total. The van der Waals surface area contributed by atoms with E-state index in [-0.39, 0.29) is 17.6 Å². The molecule has 0 amide bonds. The number of rotatable bonds is 10. The Labute approximate surface area is 196 Å². The predicted octanol–water partition coefficient (Wildman–Crippen LogP) is 6.26. The molecule has 33 heavy (non-hydrogen) atoms. The molecule has 2 heterocycles.